The van der Waals surface area contributed by atoms with E-state index in [9.17, 15) is 0 Å². The number of nitrogens with one attached hydrogen (secondary N) is 1. The fourth-order valence-corrected chi connectivity index (χ4v) is 1.30. The molecule has 0 radical (unpaired) electrons. The minimum absolute atomic E-state index is 0.262. The lowest BCUT2D eigenvalue weighted by Gasteiger charge is -2.28. The van der Waals surface area contributed by atoms with Gasteiger partial charge in [0.2, 0.25) is 0 Å². The normalized spacial score (nSPS) is 15.8. The van der Waals surface area contributed by atoms with Crippen molar-refractivity contribution in [3.05, 3.63) is 24.3 Å². The van der Waals surface area contributed by atoms with Gasteiger partial charge in [-0.2, -0.15) is 0 Å². The first-order valence-corrected chi connectivity index (χ1v) is 5.90. The zero-order chi connectivity index (χ0) is 12.2. The molecule has 16 heavy (non-hydrogen) atoms. The van der Waals surface area contributed by atoms with E-state index in [-0.39, 0.29) is 6.04 Å². The second-order valence-corrected chi connectivity index (χ2v) is 5.53. The summed E-state index contributed by atoms with van der Waals surface area (Å²) in [5.41, 5.74) is 1.35. The van der Waals surface area contributed by atoms with E-state index in [0.29, 0.717) is 11.3 Å². The molecule has 0 saturated carbocycles. The van der Waals surface area contributed by atoms with Crippen LogP contribution in [0.15, 0.2) is 18.6 Å². The molecule has 1 aromatic rings. The molecule has 0 saturated heterocycles. The molecule has 0 aliphatic carbocycles. The maximum absolute atomic E-state index is 4.29. The van der Waals surface area contributed by atoms with Crippen molar-refractivity contribution in [1.82, 2.24) is 15.3 Å². The third kappa shape index (κ3) is 3.89. The predicted octanol–water partition coefficient (Wildman–Crippen LogP) is 2.81. The average Bonchev–Trinajstić information content (AvgIpc) is 2.25. The van der Waals surface area contributed by atoms with Crippen LogP contribution in [0.25, 0.3) is 0 Å². The Balaban J connectivity index is 2.45. The SMILES string of the molecule is CC(NCC(C)C(C)(C)C)c1cnccn1. The third-order valence-corrected chi connectivity index (χ3v) is 3.24. The zero-order valence-electron chi connectivity index (χ0n) is 11.0. The summed E-state index contributed by atoms with van der Waals surface area (Å²) in [6, 6.07) is 0.262. The van der Waals surface area contributed by atoms with Crippen molar-refractivity contribution in [2.75, 3.05) is 6.54 Å². The van der Waals surface area contributed by atoms with Gasteiger partial charge >= 0.3 is 0 Å². The quantitative estimate of drug-likeness (QED) is 0.849. The Morgan fingerprint density at radius 1 is 1.25 bits per heavy atom. The molecular formula is C13H23N3. The fourth-order valence-electron chi connectivity index (χ4n) is 1.30. The van der Waals surface area contributed by atoms with E-state index in [2.05, 4.69) is 49.9 Å². The van der Waals surface area contributed by atoms with Gasteiger partial charge in [0.05, 0.1) is 5.69 Å². The summed E-state index contributed by atoms with van der Waals surface area (Å²) >= 11 is 0. The van der Waals surface area contributed by atoms with Crippen molar-refractivity contribution >= 4 is 0 Å². The predicted molar refractivity (Wildman–Crippen MR) is 67.1 cm³/mol. The third-order valence-electron chi connectivity index (χ3n) is 3.24. The largest absolute Gasteiger partial charge is 0.309 e. The highest BCUT2D eigenvalue weighted by Crippen LogP contribution is 2.25. The molecule has 90 valence electrons. The molecule has 0 aliphatic rings. The second-order valence-electron chi connectivity index (χ2n) is 5.53. The summed E-state index contributed by atoms with van der Waals surface area (Å²) in [5.74, 6) is 0.631. The summed E-state index contributed by atoms with van der Waals surface area (Å²) in [7, 11) is 0. The molecule has 0 aromatic carbocycles. The summed E-state index contributed by atoms with van der Waals surface area (Å²) in [5, 5.41) is 3.50. The number of nitrogens with zero attached hydrogens (tertiary/aromatic N) is 2. The van der Waals surface area contributed by atoms with Crippen molar-refractivity contribution in [3.8, 4) is 0 Å². The molecular weight excluding hydrogens is 198 g/mol. The van der Waals surface area contributed by atoms with E-state index in [1.54, 1.807) is 12.4 Å². The van der Waals surface area contributed by atoms with Crippen molar-refractivity contribution in [2.45, 2.75) is 40.7 Å². The Morgan fingerprint density at radius 2 is 1.94 bits per heavy atom. The minimum atomic E-state index is 0.262. The van der Waals surface area contributed by atoms with Gasteiger partial charge < -0.3 is 5.32 Å². The first-order chi connectivity index (χ1) is 7.41. The van der Waals surface area contributed by atoms with Crippen molar-refractivity contribution in [1.29, 1.82) is 0 Å². The van der Waals surface area contributed by atoms with Crippen LogP contribution in [0.5, 0.6) is 0 Å². The Kier molecular flexibility index (Phi) is 4.42. The number of hydrogen-bond acceptors (Lipinski definition) is 3. The highest BCUT2D eigenvalue weighted by atomic mass is 14.9. The molecule has 0 spiro atoms. The standard InChI is InChI=1S/C13H23N3/c1-10(13(3,4)5)8-16-11(2)12-9-14-6-7-15-12/h6-7,9-11,16H,8H2,1-5H3. The van der Waals surface area contributed by atoms with Gasteiger partial charge in [0.25, 0.3) is 0 Å². The summed E-state index contributed by atoms with van der Waals surface area (Å²) in [4.78, 5) is 8.37. The molecule has 2 unspecified atom stereocenters. The Labute approximate surface area is 98.7 Å². The van der Waals surface area contributed by atoms with Crippen LogP contribution in [0.3, 0.4) is 0 Å². The van der Waals surface area contributed by atoms with Gasteiger partial charge in [-0.1, -0.05) is 27.7 Å². The maximum Gasteiger partial charge on any atom is 0.0753 e. The highest BCUT2D eigenvalue weighted by Gasteiger charge is 2.20. The van der Waals surface area contributed by atoms with Crippen LogP contribution in [0.1, 0.15) is 46.4 Å². The topological polar surface area (TPSA) is 37.8 Å². The van der Waals surface area contributed by atoms with Gasteiger partial charge in [-0.3, -0.25) is 9.97 Å². The molecule has 0 fully saturated rings. The smallest absolute Gasteiger partial charge is 0.0753 e. The molecule has 2 atom stereocenters. The van der Waals surface area contributed by atoms with Gasteiger partial charge in [-0.05, 0) is 24.8 Å². The summed E-state index contributed by atoms with van der Waals surface area (Å²) in [6.07, 6.45) is 5.26. The summed E-state index contributed by atoms with van der Waals surface area (Å²) < 4.78 is 0. The molecule has 1 heterocycles. The van der Waals surface area contributed by atoms with Gasteiger partial charge in [0, 0.05) is 24.6 Å². The molecule has 0 bridgehead atoms. The number of hydrogen-bond donors (Lipinski definition) is 1. The van der Waals surface area contributed by atoms with E-state index in [1.165, 1.54) is 0 Å². The van der Waals surface area contributed by atoms with Crippen LogP contribution in [0.4, 0.5) is 0 Å². The zero-order valence-corrected chi connectivity index (χ0v) is 11.0. The Bertz CT molecular complexity index is 303. The van der Waals surface area contributed by atoms with Crippen LogP contribution >= 0.6 is 0 Å². The van der Waals surface area contributed by atoms with E-state index in [1.807, 2.05) is 6.20 Å². The van der Waals surface area contributed by atoms with Crippen molar-refractivity contribution in [2.24, 2.45) is 11.3 Å². The van der Waals surface area contributed by atoms with Crippen LogP contribution in [-0.4, -0.2) is 16.5 Å². The van der Waals surface area contributed by atoms with E-state index < -0.39 is 0 Å². The monoisotopic (exact) mass is 221 g/mol. The molecule has 1 N–H and O–H groups in total. The van der Waals surface area contributed by atoms with Crippen LogP contribution in [-0.2, 0) is 0 Å². The molecule has 0 amide bonds. The van der Waals surface area contributed by atoms with Gasteiger partial charge in [0.1, 0.15) is 0 Å². The fraction of sp³-hybridized carbons (Fsp3) is 0.692. The van der Waals surface area contributed by atoms with Crippen molar-refractivity contribution < 1.29 is 0 Å². The Morgan fingerprint density at radius 3 is 2.44 bits per heavy atom. The van der Waals surface area contributed by atoms with Crippen molar-refractivity contribution in [3.63, 3.8) is 0 Å². The van der Waals surface area contributed by atoms with Crippen LogP contribution in [0.2, 0.25) is 0 Å². The highest BCUT2D eigenvalue weighted by molar-refractivity contribution is 5.00. The molecule has 0 aliphatic heterocycles. The lowest BCUT2D eigenvalue weighted by atomic mass is 9.82. The lowest BCUT2D eigenvalue weighted by Crippen LogP contribution is -2.31. The van der Waals surface area contributed by atoms with E-state index >= 15 is 0 Å². The number of aromatic nitrogens is 2. The van der Waals surface area contributed by atoms with E-state index in [4.69, 9.17) is 0 Å². The summed E-state index contributed by atoms with van der Waals surface area (Å²) in [6.45, 7) is 12.2. The van der Waals surface area contributed by atoms with Crippen LogP contribution < -0.4 is 5.32 Å². The minimum Gasteiger partial charge on any atom is -0.309 e. The molecule has 3 nitrogen and oxygen atoms in total. The first kappa shape index (κ1) is 13.1. The first-order valence-electron chi connectivity index (χ1n) is 5.90. The lowest BCUT2D eigenvalue weighted by molar-refractivity contribution is 0.246. The van der Waals surface area contributed by atoms with Gasteiger partial charge in [-0.25, -0.2) is 0 Å². The van der Waals surface area contributed by atoms with Gasteiger partial charge in [0.15, 0.2) is 0 Å². The molecule has 1 rings (SSSR count). The molecule has 3 heteroatoms. The average molecular weight is 221 g/mol. The Hall–Kier alpha value is -0.960. The van der Waals surface area contributed by atoms with E-state index in [0.717, 1.165) is 12.2 Å². The molecule has 1 aromatic heterocycles. The van der Waals surface area contributed by atoms with Crippen LogP contribution in [0, 0.1) is 11.3 Å². The van der Waals surface area contributed by atoms with Gasteiger partial charge in [-0.15, -0.1) is 0 Å². The number of rotatable bonds is 4. The second kappa shape index (κ2) is 5.39. The maximum atomic E-state index is 4.29.